The molecule has 0 aromatic heterocycles. The van der Waals surface area contributed by atoms with Gasteiger partial charge in [-0.05, 0) is 47.7 Å². The summed E-state index contributed by atoms with van der Waals surface area (Å²) in [5, 5.41) is 11.4. The number of likely N-dealkylation sites (tertiary alicyclic amines) is 1. The van der Waals surface area contributed by atoms with E-state index in [2.05, 4.69) is 0 Å². The summed E-state index contributed by atoms with van der Waals surface area (Å²) in [5.74, 6) is 0.131. The number of piperidine rings is 1. The number of hydrogen-bond acceptors (Lipinski definition) is 3. The van der Waals surface area contributed by atoms with Crippen molar-refractivity contribution in [3.63, 3.8) is 0 Å². The monoisotopic (exact) mass is 417 g/mol. The van der Waals surface area contributed by atoms with Crippen LogP contribution in [0.3, 0.4) is 0 Å². The van der Waals surface area contributed by atoms with Crippen molar-refractivity contribution in [1.29, 1.82) is 0 Å². The summed E-state index contributed by atoms with van der Waals surface area (Å²) in [7, 11) is 0. The van der Waals surface area contributed by atoms with Gasteiger partial charge in [-0.25, -0.2) is 0 Å². The zero-order valence-electron chi connectivity index (χ0n) is 17.4. The molecule has 160 valence electrons. The van der Waals surface area contributed by atoms with E-state index in [0.717, 1.165) is 34.9 Å². The Balaban J connectivity index is 1.40. The lowest BCUT2D eigenvalue weighted by molar-refractivity contribution is -0.139. The summed E-state index contributed by atoms with van der Waals surface area (Å²) >= 11 is 0. The number of rotatable bonds is 7. The lowest BCUT2D eigenvalue weighted by Gasteiger charge is -2.35. The number of aliphatic carboxylic acids is 1. The molecule has 0 saturated carbocycles. The Hall–Kier alpha value is -3.34. The van der Waals surface area contributed by atoms with Crippen molar-refractivity contribution in [1.82, 2.24) is 4.90 Å². The lowest BCUT2D eigenvalue weighted by atomic mass is 9.82. The number of carbonyl (C=O) groups excluding carboxylic acids is 1. The Bertz CT molecular complexity index is 1040. The number of nitrogens with zero attached hydrogens (tertiary/aromatic N) is 1. The number of ether oxygens (including phenoxy) is 1. The molecule has 3 aromatic rings. The first-order chi connectivity index (χ1) is 15.1. The molecule has 1 N–H and O–H groups in total. The van der Waals surface area contributed by atoms with Crippen LogP contribution in [0.15, 0.2) is 72.8 Å². The van der Waals surface area contributed by atoms with E-state index in [9.17, 15) is 14.7 Å². The molecule has 5 heteroatoms. The second kappa shape index (κ2) is 9.65. The minimum Gasteiger partial charge on any atom is -0.493 e. The predicted octanol–water partition coefficient (Wildman–Crippen LogP) is 4.86. The highest BCUT2D eigenvalue weighted by molar-refractivity contribution is 6.07. The molecule has 4 rings (SSSR count). The van der Waals surface area contributed by atoms with Gasteiger partial charge in [-0.1, -0.05) is 54.6 Å². The third-order valence-corrected chi connectivity index (χ3v) is 6.16. The summed E-state index contributed by atoms with van der Waals surface area (Å²) in [4.78, 5) is 26.5. The van der Waals surface area contributed by atoms with Crippen molar-refractivity contribution in [3.8, 4) is 5.75 Å². The van der Waals surface area contributed by atoms with Crippen LogP contribution >= 0.6 is 0 Å². The van der Waals surface area contributed by atoms with Gasteiger partial charge in [0, 0.05) is 24.6 Å². The van der Waals surface area contributed by atoms with E-state index in [1.165, 1.54) is 0 Å². The molecule has 0 bridgehead atoms. The van der Waals surface area contributed by atoms with Crippen LogP contribution in [0, 0.1) is 11.8 Å². The Labute approximate surface area is 182 Å². The van der Waals surface area contributed by atoms with Crippen LogP contribution in [0.5, 0.6) is 5.75 Å². The fourth-order valence-electron chi connectivity index (χ4n) is 4.46. The maximum absolute atomic E-state index is 13.2. The van der Waals surface area contributed by atoms with Gasteiger partial charge in [-0.15, -0.1) is 0 Å². The molecular formula is C26H27NO4. The Morgan fingerprint density at radius 3 is 2.35 bits per heavy atom. The number of para-hydroxylation sites is 1. The second-order valence-electron chi connectivity index (χ2n) is 8.14. The van der Waals surface area contributed by atoms with Gasteiger partial charge in [-0.2, -0.15) is 0 Å². The van der Waals surface area contributed by atoms with E-state index in [4.69, 9.17) is 4.74 Å². The van der Waals surface area contributed by atoms with E-state index >= 15 is 0 Å². The smallest absolute Gasteiger partial charge is 0.303 e. The van der Waals surface area contributed by atoms with E-state index in [0.29, 0.717) is 19.7 Å². The zero-order chi connectivity index (χ0) is 21.6. The fraction of sp³-hybridized carbons (Fsp3) is 0.308. The minimum absolute atomic E-state index is 0.0468. The minimum atomic E-state index is -0.809. The van der Waals surface area contributed by atoms with Gasteiger partial charge < -0.3 is 14.7 Å². The molecule has 1 saturated heterocycles. The maximum atomic E-state index is 13.2. The van der Waals surface area contributed by atoms with Crippen molar-refractivity contribution in [2.75, 3.05) is 19.7 Å². The quantitative estimate of drug-likeness (QED) is 0.596. The van der Waals surface area contributed by atoms with Crippen LogP contribution in [0.2, 0.25) is 0 Å². The lowest BCUT2D eigenvalue weighted by Crippen LogP contribution is -2.41. The number of carbonyl (C=O) groups is 2. The molecule has 1 unspecified atom stereocenters. The Morgan fingerprint density at radius 1 is 0.935 bits per heavy atom. The van der Waals surface area contributed by atoms with Crippen LogP contribution in [-0.4, -0.2) is 41.6 Å². The molecule has 1 heterocycles. The highest BCUT2D eigenvalue weighted by atomic mass is 16.5. The van der Waals surface area contributed by atoms with Gasteiger partial charge in [0.1, 0.15) is 5.75 Å². The van der Waals surface area contributed by atoms with Gasteiger partial charge in [0.15, 0.2) is 0 Å². The number of benzene rings is 3. The molecule has 3 aromatic carbocycles. The standard InChI is InChI=1S/C26H27NO4/c28-25(29)17-21(18-31-22-9-2-1-3-10-22)19-13-15-27(16-14-19)26(30)24-12-6-8-20-7-4-5-11-23(20)24/h1-12,19,21H,13-18H2,(H,28,29). The van der Waals surface area contributed by atoms with Gasteiger partial charge in [0.25, 0.3) is 5.91 Å². The van der Waals surface area contributed by atoms with Gasteiger partial charge in [-0.3, -0.25) is 9.59 Å². The number of hydrogen-bond donors (Lipinski definition) is 1. The first kappa shape index (κ1) is 20.9. The average Bonchev–Trinajstić information content (AvgIpc) is 2.81. The Kier molecular flexibility index (Phi) is 6.51. The highest BCUT2D eigenvalue weighted by Crippen LogP contribution is 2.30. The highest BCUT2D eigenvalue weighted by Gasteiger charge is 2.31. The number of carboxylic acids is 1. The largest absolute Gasteiger partial charge is 0.493 e. The van der Waals surface area contributed by atoms with Crippen LogP contribution < -0.4 is 4.74 Å². The van der Waals surface area contributed by atoms with E-state index in [-0.39, 0.29) is 24.2 Å². The van der Waals surface area contributed by atoms with Gasteiger partial charge in [0.2, 0.25) is 0 Å². The molecule has 1 aliphatic heterocycles. The summed E-state index contributed by atoms with van der Waals surface area (Å²) in [5.41, 5.74) is 0.728. The molecule has 31 heavy (non-hydrogen) atoms. The van der Waals surface area contributed by atoms with Crippen molar-refractivity contribution in [3.05, 3.63) is 78.4 Å². The first-order valence-corrected chi connectivity index (χ1v) is 10.8. The van der Waals surface area contributed by atoms with Crippen LogP contribution in [-0.2, 0) is 4.79 Å². The van der Waals surface area contributed by atoms with Crippen molar-refractivity contribution in [2.45, 2.75) is 19.3 Å². The third kappa shape index (κ3) is 5.05. The van der Waals surface area contributed by atoms with Crippen molar-refractivity contribution >= 4 is 22.6 Å². The van der Waals surface area contributed by atoms with Gasteiger partial charge >= 0.3 is 5.97 Å². The number of carboxylic acid groups (broad SMARTS) is 1. The van der Waals surface area contributed by atoms with E-state index < -0.39 is 5.97 Å². The topological polar surface area (TPSA) is 66.8 Å². The molecule has 1 amide bonds. The molecule has 5 nitrogen and oxygen atoms in total. The predicted molar refractivity (Wildman–Crippen MR) is 120 cm³/mol. The normalized spacial score (nSPS) is 15.5. The molecule has 0 radical (unpaired) electrons. The van der Waals surface area contributed by atoms with Crippen molar-refractivity contribution < 1.29 is 19.4 Å². The van der Waals surface area contributed by atoms with Crippen LogP contribution in [0.25, 0.3) is 10.8 Å². The van der Waals surface area contributed by atoms with Crippen LogP contribution in [0.1, 0.15) is 29.6 Å². The average molecular weight is 418 g/mol. The van der Waals surface area contributed by atoms with E-state index in [1.807, 2.05) is 77.7 Å². The molecule has 0 spiro atoms. The zero-order valence-corrected chi connectivity index (χ0v) is 17.4. The maximum Gasteiger partial charge on any atom is 0.303 e. The summed E-state index contributed by atoms with van der Waals surface area (Å²) < 4.78 is 5.87. The first-order valence-electron chi connectivity index (χ1n) is 10.8. The molecule has 0 aliphatic carbocycles. The number of amides is 1. The second-order valence-corrected chi connectivity index (χ2v) is 8.14. The summed E-state index contributed by atoms with van der Waals surface area (Å²) in [6, 6.07) is 23.2. The molecule has 1 atom stereocenters. The molecule has 1 aliphatic rings. The van der Waals surface area contributed by atoms with Crippen molar-refractivity contribution in [2.24, 2.45) is 11.8 Å². The summed E-state index contributed by atoms with van der Waals surface area (Å²) in [6.07, 6.45) is 1.65. The molecule has 1 fully saturated rings. The van der Waals surface area contributed by atoms with Gasteiger partial charge in [0.05, 0.1) is 13.0 Å². The van der Waals surface area contributed by atoms with E-state index in [1.54, 1.807) is 0 Å². The van der Waals surface area contributed by atoms with Crippen LogP contribution in [0.4, 0.5) is 0 Å². The summed E-state index contributed by atoms with van der Waals surface area (Å²) in [6.45, 7) is 1.64. The fourth-order valence-corrected chi connectivity index (χ4v) is 4.46. The molecular weight excluding hydrogens is 390 g/mol. The Morgan fingerprint density at radius 2 is 1.61 bits per heavy atom. The third-order valence-electron chi connectivity index (χ3n) is 6.16. The number of fused-ring (bicyclic) bond motifs is 1. The SMILES string of the molecule is O=C(O)CC(COc1ccccc1)C1CCN(C(=O)c2cccc3ccccc23)CC1.